The van der Waals surface area contributed by atoms with Crippen LogP contribution in [0.1, 0.15) is 26.2 Å². The van der Waals surface area contributed by atoms with Crippen LogP contribution in [0.2, 0.25) is 0 Å². The Hall–Kier alpha value is -0.340. The van der Waals surface area contributed by atoms with Gasteiger partial charge >= 0.3 is 0 Å². The van der Waals surface area contributed by atoms with Crippen LogP contribution in [-0.4, -0.2) is 23.8 Å². The summed E-state index contributed by atoms with van der Waals surface area (Å²) in [4.78, 5) is 0. The number of hydrogen-bond acceptors (Lipinski definition) is 2. The van der Waals surface area contributed by atoms with Gasteiger partial charge in [0.15, 0.2) is 0 Å². The minimum Gasteiger partial charge on any atom is -0.395 e. The summed E-state index contributed by atoms with van der Waals surface area (Å²) in [6, 6.07) is 0.827. The topological polar surface area (TPSA) is 32.3 Å². The van der Waals surface area contributed by atoms with Crippen molar-refractivity contribution in [3.63, 3.8) is 0 Å². The van der Waals surface area contributed by atoms with Crippen LogP contribution in [0.25, 0.3) is 0 Å². The number of nitrogens with one attached hydrogen (secondary N) is 1. The fraction of sp³-hybridized carbons (Fsp3) is 0.778. The molecule has 64 valence electrons. The number of allylic oxidation sites excluding steroid dienone is 1. The molecule has 0 spiro atoms. The Balaban J connectivity index is 2.20. The molecule has 0 heterocycles. The zero-order valence-electron chi connectivity index (χ0n) is 7.09. The molecule has 0 saturated heterocycles. The van der Waals surface area contributed by atoms with E-state index in [9.17, 15) is 0 Å². The fourth-order valence-electron chi connectivity index (χ4n) is 1.40. The molecule has 0 aromatic heterocycles. The zero-order chi connectivity index (χ0) is 8.10. The fourth-order valence-corrected chi connectivity index (χ4v) is 1.40. The van der Waals surface area contributed by atoms with Gasteiger partial charge in [0.1, 0.15) is 0 Å². The van der Waals surface area contributed by atoms with E-state index in [-0.39, 0.29) is 12.6 Å². The molecule has 0 fully saturated rings. The Labute approximate surface area is 68.3 Å². The molecule has 11 heavy (non-hydrogen) atoms. The van der Waals surface area contributed by atoms with Crippen molar-refractivity contribution < 1.29 is 5.11 Å². The van der Waals surface area contributed by atoms with Gasteiger partial charge in [-0.1, -0.05) is 12.2 Å². The molecule has 0 amide bonds. The second-order valence-electron chi connectivity index (χ2n) is 3.23. The van der Waals surface area contributed by atoms with Crippen molar-refractivity contribution in [1.29, 1.82) is 0 Å². The van der Waals surface area contributed by atoms with Crippen molar-refractivity contribution in [1.82, 2.24) is 5.32 Å². The summed E-state index contributed by atoms with van der Waals surface area (Å²) >= 11 is 0. The maximum atomic E-state index is 8.78. The van der Waals surface area contributed by atoms with Gasteiger partial charge in [0.2, 0.25) is 0 Å². The van der Waals surface area contributed by atoms with E-state index in [4.69, 9.17) is 5.11 Å². The molecular weight excluding hydrogens is 138 g/mol. The molecule has 0 aliphatic heterocycles. The second kappa shape index (κ2) is 4.52. The molecule has 2 unspecified atom stereocenters. The lowest BCUT2D eigenvalue weighted by Crippen LogP contribution is -2.38. The Morgan fingerprint density at radius 2 is 2.45 bits per heavy atom. The monoisotopic (exact) mass is 155 g/mol. The summed E-state index contributed by atoms with van der Waals surface area (Å²) in [5, 5.41) is 12.2. The van der Waals surface area contributed by atoms with Crippen LogP contribution in [-0.2, 0) is 0 Å². The van der Waals surface area contributed by atoms with Crippen molar-refractivity contribution in [2.24, 2.45) is 0 Å². The van der Waals surface area contributed by atoms with E-state index < -0.39 is 0 Å². The van der Waals surface area contributed by atoms with Crippen LogP contribution in [0.4, 0.5) is 0 Å². The predicted octanol–water partition coefficient (Wildman–Crippen LogP) is 1.07. The van der Waals surface area contributed by atoms with Gasteiger partial charge in [-0.3, -0.25) is 0 Å². The van der Waals surface area contributed by atoms with Crippen molar-refractivity contribution >= 4 is 0 Å². The largest absolute Gasteiger partial charge is 0.395 e. The van der Waals surface area contributed by atoms with Gasteiger partial charge in [0.05, 0.1) is 6.61 Å². The summed E-state index contributed by atoms with van der Waals surface area (Å²) in [6.45, 7) is 2.25. The lowest BCUT2D eigenvalue weighted by atomic mass is 10.0. The number of hydrogen-bond donors (Lipinski definition) is 2. The second-order valence-corrected chi connectivity index (χ2v) is 3.23. The molecule has 1 rings (SSSR count). The Bertz CT molecular complexity index is 134. The van der Waals surface area contributed by atoms with Gasteiger partial charge in [-0.15, -0.1) is 0 Å². The van der Waals surface area contributed by atoms with Gasteiger partial charge in [-0.05, 0) is 26.2 Å². The highest BCUT2D eigenvalue weighted by Crippen LogP contribution is 2.10. The highest BCUT2D eigenvalue weighted by molar-refractivity contribution is 4.93. The van der Waals surface area contributed by atoms with Gasteiger partial charge in [0.25, 0.3) is 0 Å². The lowest BCUT2D eigenvalue weighted by Gasteiger charge is -2.22. The van der Waals surface area contributed by atoms with Crippen LogP contribution < -0.4 is 5.32 Å². The van der Waals surface area contributed by atoms with E-state index in [1.165, 1.54) is 12.8 Å². The smallest absolute Gasteiger partial charge is 0.0582 e. The highest BCUT2D eigenvalue weighted by atomic mass is 16.3. The number of aliphatic hydroxyl groups is 1. The van der Waals surface area contributed by atoms with E-state index in [1.54, 1.807) is 0 Å². The molecule has 1 aliphatic rings. The zero-order valence-corrected chi connectivity index (χ0v) is 7.09. The summed E-state index contributed by atoms with van der Waals surface area (Å²) in [6.07, 6.45) is 7.94. The molecule has 2 atom stereocenters. The van der Waals surface area contributed by atoms with E-state index in [0.29, 0.717) is 6.04 Å². The van der Waals surface area contributed by atoms with Gasteiger partial charge < -0.3 is 10.4 Å². The van der Waals surface area contributed by atoms with Gasteiger partial charge in [0, 0.05) is 12.1 Å². The van der Waals surface area contributed by atoms with Crippen molar-refractivity contribution in [3.05, 3.63) is 12.2 Å². The third-order valence-corrected chi connectivity index (χ3v) is 2.06. The average molecular weight is 155 g/mol. The molecule has 2 N–H and O–H groups in total. The van der Waals surface area contributed by atoms with Crippen LogP contribution in [0.5, 0.6) is 0 Å². The standard InChI is InChI=1S/C9H17NO/c1-8(7-11)10-9-5-3-2-4-6-9/h2-3,8-11H,4-7H2,1H3. The molecule has 2 nitrogen and oxygen atoms in total. The van der Waals surface area contributed by atoms with E-state index in [1.807, 2.05) is 6.92 Å². The molecule has 0 aromatic carbocycles. The van der Waals surface area contributed by atoms with Crippen LogP contribution in [0.3, 0.4) is 0 Å². The molecular formula is C9H17NO. The van der Waals surface area contributed by atoms with E-state index >= 15 is 0 Å². The normalized spacial score (nSPS) is 26.9. The maximum Gasteiger partial charge on any atom is 0.0582 e. The minimum absolute atomic E-state index is 0.236. The van der Waals surface area contributed by atoms with Crippen LogP contribution in [0, 0.1) is 0 Å². The highest BCUT2D eigenvalue weighted by Gasteiger charge is 2.11. The van der Waals surface area contributed by atoms with Crippen molar-refractivity contribution in [2.75, 3.05) is 6.61 Å². The Morgan fingerprint density at radius 1 is 1.64 bits per heavy atom. The molecule has 0 radical (unpaired) electrons. The van der Waals surface area contributed by atoms with Crippen molar-refractivity contribution in [2.45, 2.75) is 38.3 Å². The lowest BCUT2D eigenvalue weighted by molar-refractivity contribution is 0.237. The maximum absolute atomic E-state index is 8.78. The minimum atomic E-state index is 0.236. The molecule has 1 aliphatic carbocycles. The van der Waals surface area contributed by atoms with Crippen LogP contribution in [0.15, 0.2) is 12.2 Å². The first-order chi connectivity index (χ1) is 5.33. The molecule has 0 bridgehead atoms. The van der Waals surface area contributed by atoms with Gasteiger partial charge in [-0.25, -0.2) is 0 Å². The molecule has 0 saturated carbocycles. The van der Waals surface area contributed by atoms with Gasteiger partial charge in [-0.2, -0.15) is 0 Å². The Morgan fingerprint density at radius 3 is 3.00 bits per heavy atom. The average Bonchev–Trinajstić information content (AvgIpc) is 2.06. The number of rotatable bonds is 3. The quantitative estimate of drug-likeness (QED) is 0.597. The van der Waals surface area contributed by atoms with E-state index in [2.05, 4.69) is 17.5 Å². The molecule has 2 heteroatoms. The first-order valence-electron chi connectivity index (χ1n) is 4.35. The van der Waals surface area contributed by atoms with Crippen molar-refractivity contribution in [3.8, 4) is 0 Å². The third-order valence-electron chi connectivity index (χ3n) is 2.06. The van der Waals surface area contributed by atoms with E-state index in [0.717, 1.165) is 6.42 Å². The first-order valence-corrected chi connectivity index (χ1v) is 4.35. The Kier molecular flexibility index (Phi) is 3.60. The number of aliphatic hydroxyl groups excluding tert-OH is 1. The van der Waals surface area contributed by atoms with Crippen LogP contribution >= 0.6 is 0 Å². The third kappa shape index (κ3) is 3.04. The summed E-state index contributed by atoms with van der Waals surface area (Å²) < 4.78 is 0. The summed E-state index contributed by atoms with van der Waals surface area (Å²) in [7, 11) is 0. The summed E-state index contributed by atoms with van der Waals surface area (Å²) in [5.74, 6) is 0. The summed E-state index contributed by atoms with van der Waals surface area (Å²) in [5.41, 5.74) is 0. The first kappa shape index (κ1) is 8.75. The predicted molar refractivity (Wildman–Crippen MR) is 46.5 cm³/mol. The SMILES string of the molecule is CC(CO)NC1CC=CCC1. The molecule has 0 aromatic rings.